The van der Waals surface area contributed by atoms with Crippen molar-refractivity contribution in [2.75, 3.05) is 5.32 Å². The Morgan fingerprint density at radius 2 is 1.74 bits per heavy atom. The van der Waals surface area contributed by atoms with Crippen molar-refractivity contribution in [2.24, 2.45) is 0 Å². The van der Waals surface area contributed by atoms with E-state index in [1.165, 1.54) is 6.33 Å². The zero-order chi connectivity index (χ0) is 19.4. The van der Waals surface area contributed by atoms with Crippen molar-refractivity contribution in [3.63, 3.8) is 0 Å². The summed E-state index contributed by atoms with van der Waals surface area (Å²) in [6.07, 6.45) is 1.23. The van der Waals surface area contributed by atoms with Gasteiger partial charge in [0.2, 0.25) is 5.82 Å². The molecular weight excluding hydrogens is 412 g/mol. The average Bonchev–Trinajstić information content (AvgIpc) is 2.64. The van der Waals surface area contributed by atoms with E-state index < -0.39 is 4.92 Å². The largest absolute Gasteiger partial charge is 0.434 e. The van der Waals surface area contributed by atoms with Gasteiger partial charge in [0.05, 0.1) is 4.92 Å². The summed E-state index contributed by atoms with van der Waals surface area (Å²) >= 11 is 3.35. The van der Waals surface area contributed by atoms with Crippen molar-refractivity contribution in [2.45, 2.75) is 19.8 Å². The number of nitrogens with zero attached hydrogens (tertiary/aromatic N) is 3. The third kappa shape index (κ3) is 4.59. The first-order valence-corrected chi connectivity index (χ1v) is 9.03. The van der Waals surface area contributed by atoms with Crippen LogP contribution in [0.1, 0.15) is 25.3 Å². The van der Waals surface area contributed by atoms with Gasteiger partial charge in [0.25, 0.3) is 0 Å². The number of anilines is 2. The molecule has 8 heteroatoms. The summed E-state index contributed by atoms with van der Waals surface area (Å²) in [6.45, 7) is 4.18. The van der Waals surface area contributed by atoms with E-state index in [2.05, 4.69) is 45.1 Å². The third-order valence-corrected chi connectivity index (χ3v) is 4.37. The van der Waals surface area contributed by atoms with E-state index in [1.807, 2.05) is 24.3 Å². The van der Waals surface area contributed by atoms with Crippen LogP contribution in [0.4, 0.5) is 17.2 Å². The van der Waals surface area contributed by atoms with Gasteiger partial charge in [0.1, 0.15) is 12.1 Å². The molecule has 138 valence electrons. The smallest absolute Gasteiger partial charge is 0.373 e. The summed E-state index contributed by atoms with van der Waals surface area (Å²) in [6, 6.07) is 14.6. The molecule has 0 unspecified atom stereocenters. The molecule has 0 radical (unpaired) electrons. The van der Waals surface area contributed by atoms with E-state index in [-0.39, 0.29) is 17.4 Å². The SMILES string of the molecule is CC(C)c1ccc(Oc2ncnc(Nc3ccc(Br)cc3)c2[N+](=O)[O-])cc1. The van der Waals surface area contributed by atoms with Crippen LogP contribution in [0.15, 0.2) is 59.3 Å². The first-order valence-electron chi connectivity index (χ1n) is 8.24. The summed E-state index contributed by atoms with van der Waals surface area (Å²) in [7, 11) is 0. The maximum absolute atomic E-state index is 11.6. The van der Waals surface area contributed by atoms with Crippen LogP contribution in [-0.2, 0) is 0 Å². The highest BCUT2D eigenvalue weighted by Gasteiger charge is 2.25. The molecule has 0 spiro atoms. The maximum Gasteiger partial charge on any atom is 0.373 e. The zero-order valence-electron chi connectivity index (χ0n) is 14.7. The van der Waals surface area contributed by atoms with Gasteiger partial charge in [-0.3, -0.25) is 10.1 Å². The molecule has 1 aromatic heterocycles. The number of halogens is 1. The highest BCUT2D eigenvalue weighted by Crippen LogP contribution is 2.35. The van der Waals surface area contributed by atoms with Gasteiger partial charge in [-0.25, -0.2) is 4.98 Å². The zero-order valence-corrected chi connectivity index (χ0v) is 16.3. The molecule has 0 fully saturated rings. The number of aromatic nitrogens is 2. The van der Waals surface area contributed by atoms with Gasteiger partial charge in [0, 0.05) is 10.2 Å². The van der Waals surface area contributed by atoms with Crippen LogP contribution in [0.2, 0.25) is 0 Å². The summed E-state index contributed by atoms with van der Waals surface area (Å²) in [5.41, 5.74) is 1.48. The fraction of sp³-hybridized carbons (Fsp3) is 0.158. The maximum atomic E-state index is 11.6. The van der Waals surface area contributed by atoms with E-state index in [4.69, 9.17) is 4.74 Å². The molecule has 0 aliphatic rings. The van der Waals surface area contributed by atoms with Gasteiger partial charge in [-0.05, 0) is 47.9 Å². The van der Waals surface area contributed by atoms with Crippen LogP contribution in [0.25, 0.3) is 0 Å². The average molecular weight is 429 g/mol. The first-order chi connectivity index (χ1) is 12.9. The highest BCUT2D eigenvalue weighted by atomic mass is 79.9. The number of hydrogen-bond donors (Lipinski definition) is 1. The molecule has 0 saturated carbocycles. The van der Waals surface area contributed by atoms with Gasteiger partial charge in [-0.15, -0.1) is 0 Å². The molecule has 0 atom stereocenters. The molecule has 1 N–H and O–H groups in total. The van der Waals surface area contributed by atoms with E-state index in [9.17, 15) is 10.1 Å². The number of nitro groups is 1. The van der Waals surface area contributed by atoms with Gasteiger partial charge in [-0.2, -0.15) is 4.98 Å². The van der Waals surface area contributed by atoms with Gasteiger partial charge >= 0.3 is 11.6 Å². The molecule has 27 heavy (non-hydrogen) atoms. The second-order valence-corrected chi connectivity index (χ2v) is 7.01. The van der Waals surface area contributed by atoms with Crippen molar-refractivity contribution in [3.8, 4) is 11.6 Å². The second-order valence-electron chi connectivity index (χ2n) is 6.09. The number of hydrogen-bond acceptors (Lipinski definition) is 6. The number of nitrogens with one attached hydrogen (secondary N) is 1. The Bertz CT molecular complexity index is 944. The molecule has 0 saturated heterocycles. The topological polar surface area (TPSA) is 90.2 Å². The third-order valence-electron chi connectivity index (χ3n) is 3.84. The predicted molar refractivity (Wildman–Crippen MR) is 107 cm³/mol. The molecule has 1 heterocycles. The Labute approximate surface area is 164 Å². The summed E-state index contributed by atoms with van der Waals surface area (Å²) in [5, 5.41) is 14.6. The molecule has 3 aromatic rings. The number of rotatable bonds is 6. The normalized spacial score (nSPS) is 10.7. The number of benzene rings is 2. The Kier molecular flexibility index (Phi) is 5.66. The Morgan fingerprint density at radius 3 is 2.33 bits per heavy atom. The molecule has 0 amide bonds. The summed E-state index contributed by atoms with van der Waals surface area (Å²) in [5.74, 6) is 0.794. The minimum absolute atomic E-state index is 0.0612. The van der Waals surface area contributed by atoms with Crippen molar-refractivity contribution in [3.05, 3.63) is 75.0 Å². The lowest BCUT2D eigenvalue weighted by Gasteiger charge is -2.10. The van der Waals surface area contributed by atoms with Gasteiger partial charge in [0.15, 0.2) is 0 Å². The molecular formula is C19H17BrN4O3. The monoisotopic (exact) mass is 428 g/mol. The minimum Gasteiger partial charge on any atom is -0.434 e. The van der Waals surface area contributed by atoms with E-state index in [0.717, 1.165) is 10.0 Å². The van der Waals surface area contributed by atoms with Gasteiger partial charge in [-0.1, -0.05) is 41.9 Å². The Hall–Kier alpha value is -3.00. The van der Waals surface area contributed by atoms with E-state index in [1.54, 1.807) is 24.3 Å². The fourth-order valence-corrected chi connectivity index (χ4v) is 2.66. The van der Waals surface area contributed by atoms with Crippen molar-refractivity contribution >= 4 is 33.1 Å². The lowest BCUT2D eigenvalue weighted by molar-refractivity contribution is -0.385. The first kappa shape index (κ1) is 18.8. The standard InChI is InChI=1S/C19H17BrN4O3/c1-12(2)13-3-9-16(10-4-13)27-19-17(24(25)26)18(21-11-22-19)23-15-7-5-14(20)6-8-15/h3-12H,1-2H3,(H,21,22,23). The lowest BCUT2D eigenvalue weighted by Crippen LogP contribution is -2.03. The quantitative estimate of drug-likeness (QED) is 0.393. The Balaban J connectivity index is 1.91. The Morgan fingerprint density at radius 1 is 1.07 bits per heavy atom. The van der Waals surface area contributed by atoms with Crippen molar-refractivity contribution in [1.82, 2.24) is 9.97 Å². The summed E-state index contributed by atoms with van der Waals surface area (Å²) in [4.78, 5) is 19.0. The lowest BCUT2D eigenvalue weighted by atomic mass is 10.0. The highest BCUT2D eigenvalue weighted by molar-refractivity contribution is 9.10. The van der Waals surface area contributed by atoms with Crippen LogP contribution in [0.5, 0.6) is 11.6 Å². The second kappa shape index (κ2) is 8.13. The predicted octanol–water partition coefficient (Wildman–Crippen LogP) is 5.81. The molecule has 0 aliphatic carbocycles. The minimum atomic E-state index is -0.557. The molecule has 7 nitrogen and oxygen atoms in total. The fourth-order valence-electron chi connectivity index (χ4n) is 2.40. The van der Waals surface area contributed by atoms with Crippen LogP contribution in [0, 0.1) is 10.1 Å². The number of ether oxygens (including phenoxy) is 1. The molecule has 0 aliphatic heterocycles. The van der Waals surface area contributed by atoms with Crippen LogP contribution >= 0.6 is 15.9 Å². The summed E-state index contributed by atoms with van der Waals surface area (Å²) < 4.78 is 6.56. The molecule has 3 rings (SSSR count). The van der Waals surface area contributed by atoms with Crippen molar-refractivity contribution < 1.29 is 9.66 Å². The molecule has 0 bridgehead atoms. The van der Waals surface area contributed by atoms with Crippen LogP contribution in [-0.4, -0.2) is 14.9 Å². The molecule has 2 aromatic carbocycles. The van der Waals surface area contributed by atoms with Gasteiger partial charge < -0.3 is 10.1 Å². The van der Waals surface area contributed by atoms with E-state index >= 15 is 0 Å². The van der Waals surface area contributed by atoms with E-state index in [0.29, 0.717) is 17.4 Å². The van der Waals surface area contributed by atoms with Crippen LogP contribution < -0.4 is 10.1 Å². The van der Waals surface area contributed by atoms with Crippen LogP contribution in [0.3, 0.4) is 0 Å². The van der Waals surface area contributed by atoms with Crippen molar-refractivity contribution in [1.29, 1.82) is 0 Å².